The zero-order chi connectivity index (χ0) is 21.4. The Morgan fingerprint density at radius 3 is 1.46 bits per heavy atom. The maximum Gasteiger partial charge on any atom is 0.139 e. The standard InChI is InChI=1S/C8H9FS.C8H9F.C8H10S/c1-5-3-4-6(2)8(10)7(5)9;2*1-6-3-4-7(2)8(9)5-6/h3-4,10H,1-2H3;3-5H,1-2H3;3-5,9H,1-2H3. The lowest BCUT2D eigenvalue weighted by Crippen LogP contribution is -1.86. The zero-order valence-electron chi connectivity index (χ0n) is 17.3. The normalized spacial score (nSPS) is 9.79. The van der Waals surface area contributed by atoms with Gasteiger partial charge in [0, 0.05) is 9.79 Å². The minimum Gasteiger partial charge on any atom is -0.207 e. The molecule has 0 amide bonds. The molecule has 150 valence electrons. The summed E-state index contributed by atoms with van der Waals surface area (Å²) in [5.41, 5.74) is 5.72. The van der Waals surface area contributed by atoms with E-state index in [4.69, 9.17) is 0 Å². The van der Waals surface area contributed by atoms with E-state index in [1.807, 2.05) is 26.0 Å². The van der Waals surface area contributed by atoms with Crippen LogP contribution >= 0.6 is 25.3 Å². The van der Waals surface area contributed by atoms with Crippen LogP contribution < -0.4 is 0 Å². The van der Waals surface area contributed by atoms with Gasteiger partial charge in [-0.05, 0) is 81.5 Å². The first-order chi connectivity index (χ1) is 13.0. The Morgan fingerprint density at radius 2 is 1.04 bits per heavy atom. The van der Waals surface area contributed by atoms with E-state index >= 15 is 0 Å². The number of halogens is 2. The molecular weight excluding hydrogens is 390 g/mol. The van der Waals surface area contributed by atoms with Crippen LogP contribution in [0.4, 0.5) is 8.78 Å². The summed E-state index contributed by atoms with van der Waals surface area (Å²) >= 11 is 8.27. The summed E-state index contributed by atoms with van der Waals surface area (Å²) in [6.45, 7) is 11.3. The Balaban J connectivity index is 0.000000210. The summed E-state index contributed by atoms with van der Waals surface area (Å²) in [7, 11) is 0. The van der Waals surface area contributed by atoms with Gasteiger partial charge in [0.25, 0.3) is 0 Å². The molecule has 0 bridgehead atoms. The van der Waals surface area contributed by atoms with E-state index < -0.39 is 0 Å². The van der Waals surface area contributed by atoms with Crippen molar-refractivity contribution in [2.45, 2.75) is 51.3 Å². The van der Waals surface area contributed by atoms with Crippen LogP contribution in [0.3, 0.4) is 0 Å². The highest BCUT2D eigenvalue weighted by atomic mass is 32.1. The van der Waals surface area contributed by atoms with Crippen LogP contribution in [0.1, 0.15) is 33.4 Å². The molecule has 3 aromatic rings. The number of hydrogen-bond acceptors (Lipinski definition) is 2. The van der Waals surface area contributed by atoms with Gasteiger partial charge in [0.15, 0.2) is 0 Å². The summed E-state index contributed by atoms with van der Waals surface area (Å²) in [6, 6.07) is 15.1. The van der Waals surface area contributed by atoms with E-state index in [1.165, 1.54) is 17.2 Å². The minimum atomic E-state index is -0.205. The highest BCUT2D eigenvalue weighted by Gasteiger charge is 2.02. The van der Waals surface area contributed by atoms with Crippen LogP contribution in [-0.2, 0) is 0 Å². The monoisotopic (exact) mass is 418 g/mol. The molecule has 4 heteroatoms. The largest absolute Gasteiger partial charge is 0.207 e. The molecule has 0 aromatic heterocycles. The number of aryl methyl sites for hydroxylation is 6. The average molecular weight is 419 g/mol. The fourth-order valence-corrected chi connectivity index (χ4v) is 2.71. The van der Waals surface area contributed by atoms with Crippen molar-refractivity contribution in [2.75, 3.05) is 0 Å². The molecule has 0 unspecified atom stereocenters. The number of thiol groups is 2. The number of benzene rings is 3. The van der Waals surface area contributed by atoms with Crippen molar-refractivity contribution in [1.29, 1.82) is 0 Å². The van der Waals surface area contributed by atoms with Crippen molar-refractivity contribution in [3.8, 4) is 0 Å². The van der Waals surface area contributed by atoms with Crippen LogP contribution in [0.25, 0.3) is 0 Å². The second kappa shape index (κ2) is 11.3. The lowest BCUT2D eigenvalue weighted by molar-refractivity contribution is 0.591. The molecule has 0 N–H and O–H groups in total. The van der Waals surface area contributed by atoms with E-state index in [2.05, 4.69) is 57.3 Å². The van der Waals surface area contributed by atoms with Crippen molar-refractivity contribution in [2.24, 2.45) is 0 Å². The van der Waals surface area contributed by atoms with Gasteiger partial charge >= 0.3 is 0 Å². The van der Waals surface area contributed by atoms with Gasteiger partial charge in [-0.25, -0.2) is 8.78 Å². The summed E-state index contributed by atoms with van der Waals surface area (Å²) in [5, 5.41) is 0. The quantitative estimate of drug-likeness (QED) is 0.342. The summed E-state index contributed by atoms with van der Waals surface area (Å²) in [6.07, 6.45) is 0. The molecule has 0 heterocycles. The van der Waals surface area contributed by atoms with Crippen LogP contribution in [0.15, 0.2) is 58.3 Å². The maximum absolute atomic E-state index is 12.9. The predicted octanol–water partition coefficient (Wildman–Crippen LogP) is 7.77. The molecule has 0 aliphatic heterocycles. The second-order valence-corrected chi connectivity index (χ2v) is 7.83. The Morgan fingerprint density at radius 1 is 0.571 bits per heavy atom. The first-order valence-corrected chi connectivity index (χ1v) is 9.86. The molecule has 28 heavy (non-hydrogen) atoms. The van der Waals surface area contributed by atoms with Crippen molar-refractivity contribution in [1.82, 2.24) is 0 Å². The Kier molecular flexibility index (Phi) is 9.77. The third-order valence-corrected chi connectivity index (χ3v) is 5.23. The third kappa shape index (κ3) is 7.69. The summed E-state index contributed by atoms with van der Waals surface area (Å²) in [4.78, 5) is 1.54. The molecule has 3 aromatic carbocycles. The average Bonchev–Trinajstić information content (AvgIpc) is 2.64. The smallest absolute Gasteiger partial charge is 0.139 e. The van der Waals surface area contributed by atoms with Gasteiger partial charge in [-0.15, -0.1) is 25.3 Å². The fourth-order valence-electron chi connectivity index (χ4n) is 2.18. The summed E-state index contributed by atoms with van der Waals surface area (Å²) < 4.78 is 25.5. The van der Waals surface area contributed by atoms with Gasteiger partial charge in [-0.3, -0.25) is 0 Å². The minimum absolute atomic E-state index is 0.116. The number of rotatable bonds is 0. The van der Waals surface area contributed by atoms with Crippen LogP contribution in [0.5, 0.6) is 0 Å². The van der Waals surface area contributed by atoms with Crippen molar-refractivity contribution < 1.29 is 8.78 Å². The number of hydrogen-bond donors (Lipinski definition) is 2. The Labute approximate surface area is 178 Å². The zero-order valence-corrected chi connectivity index (χ0v) is 19.1. The second-order valence-electron chi connectivity index (χ2n) is 6.90. The molecule has 0 saturated carbocycles. The Hall–Kier alpha value is -1.78. The van der Waals surface area contributed by atoms with E-state index in [9.17, 15) is 8.78 Å². The van der Waals surface area contributed by atoms with Gasteiger partial charge in [-0.1, -0.05) is 42.0 Å². The molecule has 0 saturated heterocycles. The van der Waals surface area contributed by atoms with Crippen LogP contribution in [0, 0.1) is 53.2 Å². The van der Waals surface area contributed by atoms with Crippen LogP contribution in [0.2, 0.25) is 0 Å². The SMILES string of the molecule is Cc1ccc(C)c(F)c1.Cc1ccc(C)c(S)c1.Cc1ccc(C)c(S)c1F. The first kappa shape index (κ1) is 24.3. The predicted molar refractivity (Wildman–Crippen MR) is 122 cm³/mol. The molecule has 0 atom stereocenters. The van der Waals surface area contributed by atoms with E-state index in [1.54, 1.807) is 26.0 Å². The molecule has 0 radical (unpaired) electrons. The molecule has 0 nitrogen and oxygen atoms in total. The molecule has 0 aliphatic rings. The van der Waals surface area contributed by atoms with Gasteiger partial charge in [0.2, 0.25) is 0 Å². The van der Waals surface area contributed by atoms with Gasteiger partial charge in [0.05, 0.1) is 0 Å². The van der Waals surface area contributed by atoms with E-state index in [0.29, 0.717) is 16.0 Å². The molecule has 0 fully saturated rings. The molecular formula is C24H28F2S2. The van der Waals surface area contributed by atoms with E-state index in [0.717, 1.165) is 16.0 Å². The lowest BCUT2D eigenvalue weighted by Gasteiger charge is -2.01. The van der Waals surface area contributed by atoms with Crippen molar-refractivity contribution in [3.05, 3.63) is 93.5 Å². The molecule has 0 aliphatic carbocycles. The lowest BCUT2D eigenvalue weighted by atomic mass is 10.1. The van der Waals surface area contributed by atoms with Crippen molar-refractivity contribution >= 4 is 25.3 Å². The highest BCUT2D eigenvalue weighted by Crippen LogP contribution is 2.19. The van der Waals surface area contributed by atoms with Gasteiger partial charge in [0.1, 0.15) is 11.6 Å². The van der Waals surface area contributed by atoms with Gasteiger partial charge in [-0.2, -0.15) is 0 Å². The van der Waals surface area contributed by atoms with Crippen LogP contribution in [-0.4, -0.2) is 0 Å². The maximum atomic E-state index is 12.9. The summed E-state index contributed by atoms with van der Waals surface area (Å²) in [5.74, 6) is -0.321. The third-order valence-electron chi connectivity index (χ3n) is 4.20. The topological polar surface area (TPSA) is 0 Å². The fraction of sp³-hybridized carbons (Fsp3) is 0.250. The van der Waals surface area contributed by atoms with E-state index in [-0.39, 0.29) is 11.6 Å². The van der Waals surface area contributed by atoms with Crippen molar-refractivity contribution in [3.63, 3.8) is 0 Å². The first-order valence-electron chi connectivity index (χ1n) is 8.96. The Bertz CT molecular complexity index is 858. The molecule has 0 spiro atoms. The molecule has 3 rings (SSSR count). The highest BCUT2D eigenvalue weighted by molar-refractivity contribution is 7.80. The van der Waals surface area contributed by atoms with Gasteiger partial charge < -0.3 is 0 Å².